The molecule has 6 nitrogen and oxygen atoms in total. The van der Waals surface area contributed by atoms with Gasteiger partial charge in [0.1, 0.15) is 5.76 Å². The van der Waals surface area contributed by atoms with E-state index in [-0.39, 0.29) is 6.04 Å². The molecule has 3 rings (SSSR count). The van der Waals surface area contributed by atoms with Crippen molar-refractivity contribution >= 4 is 11.8 Å². The molecule has 132 valence electrons. The van der Waals surface area contributed by atoms with E-state index in [1.54, 1.807) is 6.26 Å². The minimum atomic E-state index is -0.486. The van der Waals surface area contributed by atoms with Crippen LogP contribution >= 0.6 is 0 Å². The summed E-state index contributed by atoms with van der Waals surface area (Å²) in [7, 11) is 0. The molecule has 2 heterocycles. The van der Waals surface area contributed by atoms with Crippen LogP contribution in [0.5, 0.6) is 0 Å². The number of carbonyl (C=O) groups excluding carboxylic acids is 2. The fourth-order valence-corrected chi connectivity index (χ4v) is 3.61. The number of furan rings is 1. The zero-order valence-corrected chi connectivity index (χ0v) is 14.1. The number of hydrogen-bond donors (Lipinski definition) is 2. The molecule has 0 radical (unpaired) electrons. The van der Waals surface area contributed by atoms with Crippen LogP contribution in [0.3, 0.4) is 0 Å². The molecule has 2 N–H and O–H groups in total. The van der Waals surface area contributed by atoms with E-state index in [0.717, 1.165) is 63.9 Å². The largest absolute Gasteiger partial charge is 0.468 e. The SMILES string of the molecule is O=C(NCC1CCN(Cc2ccco2)CC1)C(=O)NC1CCCC1. The lowest BCUT2D eigenvalue weighted by atomic mass is 9.96. The summed E-state index contributed by atoms with van der Waals surface area (Å²) in [5.41, 5.74) is 0. The maximum atomic E-state index is 11.9. The van der Waals surface area contributed by atoms with Crippen LogP contribution in [0.15, 0.2) is 22.8 Å². The second kappa shape index (κ2) is 8.33. The van der Waals surface area contributed by atoms with E-state index < -0.39 is 11.8 Å². The fourth-order valence-electron chi connectivity index (χ4n) is 3.61. The Morgan fingerprint density at radius 2 is 1.88 bits per heavy atom. The molecule has 0 unspecified atom stereocenters. The van der Waals surface area contributed by atoms with Crippen molar-refractivity contribution in [2.24, 2.45) is 5.92 Å². The van der Waals surface area contributed by atoms with Gasteiger partial charge >= 0.3 is 11.8 Å². The molecule has 24 heavy (non-hydrogen) atoms. The summed E-state index contributed by atoms with van der Waals surface area (Å²) in [5, 5.41) is 5.63. The van der Waals surface area contributed by atoms with E-state index >= 15 is 0 Å². The van der Waals surface area contributed by atoms with Gasteiger partial charge in [-0.2, -0.15) is 0 Å². The third kappa shape index (κ3) is 4.84. The first-order valence-corrected chi connectivity index (χ1v) is 9.04. The van der Waals surface area contributed by atoms with Crippen LogP contribution in [0.4, 0.5) is 0 Å². The molecule has 0 spiro atoms. The quantitative estimate of drug-likeness (QED) is 0.804. The molecule has 0 aromatic carbocycles. The molecular weight excluding hydrogens is 306 g/mol. The highest BCUT2D eigenvalue weighted by Gasteiger charge is 2.24. The molecule has 1 aromatic heterocycles. The fraction of sp³-hybridized carbons (Fsp3) is 0.667. The van der Waals surface area contributed by atoms with Crippen LogP contribution in [-0.2, 0) is 16.1 Å². The summed E-state index contributed by atoms with van der Waals surface area (Å²) in [6.07, 6.45) is 8.04. The van der Waals surface area contributed by atoms with Crippen LogP contribution in [0, 0.1) is 5.92 Å². The van der Waals surface area contributed by atoms with E-state index in [9.17, 15) is 9.59 Å². The topological polar surface area (TPSA) is 74.6 Å². The third-order valence-electron chi connectivity index (χ3n) is 5.11. The summed E-state index contributed by atoms with van der Waals surface area (Å²) in [5.74, 6) is 0.475. The predicted octanol–water partition coefficient (Wildman–Crippen LogP) is 1.67. The number of nitrogens with zero attached hydrogens (tertiary/aromatic N) is 1. The van der Waals surface area contributed by atoms with Gasteiger partial charge in [0.2, 0.25) is 0 Å². The lowest BCUT2D eigenvalue weighted by molar-refractivity contribution is -0.139. The van der Waals surface area contributed by atoms with E-state index in [1.165, 1.54) is 0 Å². The predicted molar refractivity (Wildman–Crippen MR) is 90.1 cm³/mol. The molecule has 0 bridgehead atoms. The zero-order chi connectivity index (χ0) is 16.8. The summed E-state index contributed by atoms with van der Waals surface area (Å²) in [6.45, 7) is 3.42. The first-order chi connectivity index (χ1) is 11.7. The van der Waals surface area contributed by atoms with Gasteiger partial charge in [-0.25, -0.2) is 0 Å². The number of likely N-dealkylation sites (tertiary alicyclic amines) is 1. The summed E-state index contributed by atoms with van der Waals surface area (Å²) >= 11 is 0. The lowest BCUT2D eigenvalue weighted by Gasteiger charge is -2.31. The van der Waals surface area contributed by atoms with Crippen LogP contribution < -0.4 is 10.6 Å². The monoisotopic (exact) mass is 333 g/mol. The normalized spacial score (nSPS) is 20.2. The second-order valence-corrected chi connectivity index (χ2v) is 6.96. The number of piperidine rings is 1. The van der Waals surface area contributed by atoms with Crippen LogP contribution in [0.25, 0.3) is 0 Å². The van der Waals surface area contributed by atoms with Gasteiger partial charge < -0.3 is 15.1 Å². The maximum Gasteiger partial charge on any atom is 0.309 e. The molecule has 1 aliphatic heterocycles. The molecule has 1 saturated carbocycles. The van der Waals surface area contributed by atoms with Crippen molar-refractivity contribution in [3.63, 3.8) is 0 Å². The van der Waals surface area contributed by atoms with Gasteiger partial charge in [0, 0.05) is 12.6 Å². The lowest BCUT2D eigenvalue weighted by Crippen LogP contribution is -2.46. The number of amides is 2. The summed E-state index contributed by atoms with van der Waals surface area (Å²) in [4.78, 5) is 26.1. The number of hydrogen-bond acceptors (Lipinski definition) is 4. The van der Waals surface area contributed by atoms with Crippen LogP contribution in [0.2, 0.25) is 0 Å². The first-order valence-electron chi connectivity index (χ1n) is 9.04. The third-order valence-corrected chi connectivity index (χ3v) is 5.11. The standard InChI is InChI=1S/C18H27N3O3/c22-17(18(23)20-15-4-1-2-5-15)19-12-14-7-9-21(10-8-14)13-16-6-3-11-24-16/h3,6,11,14-15H,1-2,4-5,7-10,12-13H2,(H,19,22)(H,20,23). The van der Waals surface area contributed by atoms with E-state index in [1.807, 2.05) is 12.1 Å². The number of carbonyl (C=O) groups is 2. The van der Waals surface area contributed by atoms with E-state index in [0.29, 0.717) is 12.5 Å². The van der Waals surface area contributed by atoms with Crippen LogP contribution in [-0.4, -0.2) is 42.4 Å². The minimum absolute atomic E-state index is 0.188. The average Bonchev–Trinajstić information content (AvgIpc) is 3.28. The Labute approximate surface area is 143 Å². The highest BCUT2D eigenvalue weighted by molar-refractivity contribution is 6.35. The summed E-state index contributed by atoms with van der Waals surface area (Å²) in [6, 6.07) is 4.09. The molecular formula is C18H27N3O3. The van der Waals surface area contributed by atoms with Crippen LogP contribution in [0.1, 0.15) is 44.3 Å². The molecule has 6 heteroatoms. The maximum absolute atomic E-state index is 11.9. The second-order valence-electron chi connectivity index (χ2n) is 6.96. The Hall–Kier alpha value is -1.82. The van der Waals surface area contributed by atoms with Gasteiger partial charge in [-0.05, 0) is 56.8 Å². The zero-order valence-electron chi connectivity index (χ0n) is 14.1. The van der Waals surface area contributed by atoms with Crippen molar-refractivity contribution in [1.29, 1.82) is 0 Å². The van der Waals surface area contributed by atoms with Gasteiger partial charge in [0.15, 0.2) is 0 Å². The molecule has 1 aromatic rings. The van der Waals surface area contributed by atoms with Gasteiger partial charge in [-0.1, -0.05) is 12.8 Å². The van der Waals surface area contributed by atoms with Crippen molar-refractivity contribution in [3.8, 4) is 0 Å². The number of nitrogens with one attached hydrogen (secondary N) is 2. The van der Waals surface area contributed by atoms with E-state index in [2.05, 4.69) is 15.5 Å². The number of rotatable bonds is 5. The van der Waals surface area contributed by atoms with Gasteiger partial charge in [-0.15, -0.1) is 0 Å². The Morgan fingerprint density at radius 1 is 1.12 bits per heavy atom. The van der Waals surface area contributed by atoms with Gasteiger partial charge in [0.25, 0.3) is 0 Å². The molecule has 2 aliphatic rings. The smallest absolute Gasteiger partial charge is 0.309 e. The van der Waals surface area contributed by atoms with Crippen molar-refractivity contribution in [1.82, 2.24) is 15.5 Å². The Balaban J connectivity index is 1.32. The highest BCUT2D eigenvalue weighted by atomic mass is 16.3. The molecule has 2 fully saturated rings. The van der Waals surface area contributed by atoms with Crippen molar-refractivity contribution < 1.29 is 14.0 Å². The van der Waals surface area contributed by atoms with Gasteiger partial charge in [-0.3, -0.25) is 14.5 Å². The summed E-state index contributed by atoms with van der Waals surface area (Å²) < 4.78 is 5.38. The first kappa shape index (κ1) is 17.0. The molecule has 2 amide bonds. The van der Waals surface area contributed by atoms with Gasteiger partial charge in [0.05, 0.1) is 12.8 Å². The van der Waals surface area contributed by atoms with E-state index in [4.69, 9.17) is 4.42 Å². The molecule has 0 atom stereocenters. The Bertz CT molecular complexity index is 530. The highest BCUT2D eigenvalue weighted by Crippen LogP contribution is 2.19. The van der Waals surface area contributed by atoms with Crippen molar-refractivity contribution in [2.75, 3.05) is 19.6 Å². The molecule has 1 saturated heterocycles. The Kier molecular flexibility index (Phi) is 5.91. The van der Waals surface area contributed by atoms with Crippen molar-refractivity contribution in [2.45, 2.75) is 51.1 Å². The minimum Gasteiger partial charge on any atom is -0.468 e. The average molecular weight is 333 g/mol. The Morgan fingerprint density at radius 3 is 2.54 bits per heavy atom. The van der Waals surface area contributed by atoms with Crippen molar-refractivity contribution in [3.05, 3.63) is 24.2 Å². The molecule has 1 aliphatic carbocycles.